The van der Waals surface area contributed by atoms with Gasteiger partial charge < -0.3 is 5.11 Å². The predicted octanol–water partition coefficient (Wildman–Crippen LogP) is 0.121. The Bertz CT molecular complexity index is 347. The predicted molar refractivity (Wildman–Crippen MR) is 55.4 cm³/mol. The molecule has 0 bridgehead atoms. The fourth-order valence-corrected chi connectivity index (χ4v) is 2.67. The normalized spacial score (nSPS) is 29.4. The molecule has 0 aromatic heterocycles. The molecule has 5 nitrogen and oxygen atoms in total. The zero-order valence-corrected chi connectivity index (χ0v) is 9.50. The molecule has 1 saturated carbocycles. The summed E-state index contributed by atoms with van der Waals surface area (Å²) in [5.41, 5.74) is 0. The number of aliphatic hydroxyl groups excluding tert-OH is 1. The highest BCUT2D eigenvalue weighted by Gasteiger charge is 2.29. The van der Waals surface area contributed by atoms with E-state index < -0.39 is 27.4 Å². The van der Waals surface area contributed by atoms with E-state index in [1.807, 2.05) is 0 Å². The van der Waals surface area contributed by atoms with Crippen LogP contribution in [0.15, 0.2) is 0 Å². The van der Waals surface area contributed by atoms with E-state index in [9.17, 15) is 13.5 Å². The molecule has 0 saturated heterocycles. The average molecular weight is 232 g/mol. The molecule has 1 aliphatic rings. The van der Waals surface area contributed by atoms with E-state index in [-0.39, 0.29) is 0 Å². The first-order valence-electron chi connectivity index (χ1n) is 5.06. The molecule has 1 rings (SSSR count). The summed E-state index contributed by atoms with van der Waals surface area (Å²) in [5, 5.41) is 17.0. The van der Waals surface area contributed by atoms with Crippen molar-refractivity contribution in [3.05, 3.63) is 0 Å². The second kappa shape index (κ2) is 4.92. The van der Waals surface area contributed by atoms with Gasteiger partial charge in [-0.25, -0.2) is 13.1 Å². The van der Waals surface area contributed by atoms with Crippen LogP contribution in [0.5, 0.6) is 0 Å². The largest absolute Gasteiger partial charge is 0.391 e. The Morgan fingerprint density at radius 2 is 2.07 bits per heavy atom. The van der Waals surface area contributed by atoms with Gasteiger partial charge in [-0.1, -0.05) is 12.8 Å². The van der Waals surface area contributed by atoms with Crippen LogP contribution in [0.1, 0.15) is 32.6 Å². The minimum Gasteiger partial charge on any atom is -0.391 e. The molecule has 0 heterocycles. The van der Waals surface area contributed by atoms with E-state index in [0.29, 0.717) is 12.8 Å². The van der Waals surface area contributed by atoms with Crippen molar-refractivity contribution in [1.82, 2.24) is 4.72 Å². The lowest BCUT2D eigenvalue weighted by molar-refractivity contribution is 0.101. The Morgan fingerprint density at radius 1 is 1.47 bits per heavy atom. The first kappa shape index (κ1) is 12.4. The van der Waals surface area contributed by atoms with Crippen LogP contribution in [0.3, 0.4) is 0 Å². The second-order valence-electron chi connectivity index (χ2n) is 3.89. The molecule has 0 spiro atoms. The van der Waals surface area contributed by atoms with E-state index >= 15 is 0 Å². The van der Waals surface area contributed by atoms with E-state index in [1.165, 1.54) is 6.92 Å². The van der Waals surface area contributed by atoms with Crippen molar-refractivity contribution in [2.75, 3.05) is 0 Å². The molecule has 15 heavy (non-hydrogen) atoms. The highest BCUT2D eigenvalue weighted by Crippen LogP contribution is 2.19. The molecular weight excluding hydrogens is 216 g/mol. The van der Waals surface area contributed by atoms with Crippen molar-refractivity contribution in [3.8, 4) is 6.07 Å². The summed E-state index contributed by atoms with van der Waals surface area (Å²) in [4.78, 5) is 0. The smallest absolute Gasteiger partial charge is 0.228 e. The number of rotatable bonds is 3. The van der Waals surface area contributed by atoms with Gasteiger partial charge in [-0.15, -0.1) is 0 Å². The summed E-state index contributed by atoms with van der Waals surface area (Å²) in [7, 11) is -3.61. The van der Waals surface area contributed by atoms with E-state index in [4.69, 9.17) is 5.26 Å². The number of nitrogens with one attached hydrogen (secondary N) is 1. The summed E-state index contributed by atoms with van der Waals surface area (Å²) in [6, 6.07) is 1.25. The van der Waals surface area contributed by atoms with Crippen LogP contribution in [0, 0.1) is 11.3 Å². The number of sulfonamides is 1. The molecule has 3 atom stereocenters. The summed E-state index contributed by atoms with van der Waals surface area (Å²) in [6.45, 7) is 1.33. The summed E-state index contributed by atoms with van der Waals surface area (Å²) >= 11 is 0. The Morgan fingerprint density at radius 3 is 2.60 bits per heavy atom. The van der Waals surface area contributed by atoms with Crippen molar-refractivity contribution in [1.29, 1.82) is 5.26 Å². The van der Waals surface area contributed by atoms with Gasteiger partial charge in [-0.05, 0) is 19.8 Å². The van der Waals surface area contributed by atoms with Gasteiger partial charge in [-0.2, -0.15) is 5.26 Å². The highest BCUT2D eigenvalue weighted by molar-refractivity contribution is 7.90. The summed E-state index contributed by atoms with van der Waals surface area (Å²) < 4.78 is 25.5. The number of aliphatic hydroxyl groups is 1. The first-order chi connectivity index (χ1) is 6.97. The number of hydrogen-bond acceptors (Lipinski definition) is 4. The third-order valence-electron chi connectivity index (χ3n) is 2.69. The SMILES string of the molecule is CC(C#N)S(=O)(=O)NC1CCCCC1O. The van der Waals surface area contributed by atoms with Gasteiger partial charge in [0.15, 0.2) is 5.25 Å². The lowest BCUT2D eigenvalue weighted by atomic mass is 9.93. The Kier molecular flexibility index (Phi) is 4.08. The first-order valence-corrected chi connectivity index (χ1v) is 6.61. The molecule has 6 heteroatoms. The lowest BCUT2D eigenvalue weighted by Gasteiger charge is -2.28. The zero-order valence-electron chi connectivity index (χ0n) is 8.68. The molecular formula is C9H16N2O3S. The molecule has 1 aliphatic carbocycles. The van der Waals surface area contributed by atoms with Crippen molar-refractivity contribution in [2.45, 2.75) is 50.0 Å². The Hall–Kier alpha value is -0.640. The minimum absolute atomic E-state index is 0.431. The maximum absolute atomic E-state index is 11.5. The monoisotopic (exact) mass is 232 g/mol. The molecule has 0 radical (unpaired) electrons. The van der Waals surface area contributed by atoms with Crippen molar-refractivity contribution >= 4 is 10.0 Å². The number of hydrogen-bond donors (Lipinski definition) is 2. The third-order valence-corrected chi connectivity index (χ3v) is 4.36. The van der Waals surface area contributed by atoms with Crippen LogP contribution in [0.4, 0.5) is 0 Å². The fourth-order valence-electron chi connectivity index (χ4n) is 1.63. The summed E-state index contributed by atoms with van der Waals surface area (Å²) in [5.74, 6) is 0. The molecule has 3 unspecified atom stereocenters. The maximum atomic E-state index is 11.5. The Balaban J connectivity index is 2.65. The van der Waals surface area contributed by atoms with Crippen molar-refractivity contribution < 1.29 is 13.5 Å². The molecule has 2 N–H and O–H groups in total. The van der Waals surface area contributed by atoms with Crippen LogP contribution in [-0.2, 0) is 10.0 Å². The highest BCUT2D eigenvalue weighted by atomic mass is 32.2. The molecule has 1 fully saturated rings. The van der Waals surface area contributed by atoms with E-state index in [1.54, 1.807) is 6.07 Å². The Labute approximate surface area is 90.2 Å². The van der Waals surface area contributed by atoms with Crippen molar-refractivity contribution in [3.63, 3.8) is 0 Å². The van der Waals surface area contributed by atoms with Gasteiger partial charge in [0.2, 0.25) is 10.0 Å². The van der Waals surface area contributed by atoms with Crippen LogP contribution in [0.25, 0.3) is 0 Å². The lowest BCUT2D eigenvalue weighted by Crippen LogP contribution is -2.47. The standard InChI is InChI=1S/C9H16N2O3S/c1-7(6-10)15(13,14)11-8-4-2-3-5-9(8)12/h7-9,11-12H,2-5H2,1H3. The fraction of sp³-hybridized carbons (Fsp3) is 0.889. The molecule has 0 aliphatic heterocycles. The molecule has 0 aromatic rings. The van der Waals surface area contributed by atoms with Crippen LogP contribution in [0.2, 0.25) is 0 Å². The van der Waals surface area contributed by atoms with Gasteiger partial charge in [0.1, 0.15) is 0 Å². The molecule has 86 valence electrons. The van der Waals surface area contributed by atoms with Crippen molar-refractivity contribution in [2.24, 2.45) is 0 Å². The quantitative estimate of drug-likeness (QED) is 0.723. The zero-order chi connectivity index (χ0) is 11.5. The van der Waals surface area contributed by atoms with Gasteiger partial charge in [0.05, 0.1) is 12.2 Å². The maximum Gasteiger partial charge on any atom is 0.228 e. The van der Waals surface area contributed by atoms with Gasteiger partial charge in [0.25, 0.3) is 0 Å². The van der Waals surface area contributed by atoms with Gasteiger partial charge in [0, 0.05) is 6.04 Å². The van der Waals surface area contributed by atoms with Crippen LogP contribution < -0.4 is 4.72 Å². The minimum atomic E-state index is -3.61. The number of nitriles is 1. The second-order valence-corrected chi connectivity index (χ2v) is 5.93. The topological polar surface area (TPSA) is 90.2 Å². The van der Waals surface area contributed by atoms with Gasteiger partial charge in [-0.3, -0.25) is 0 Å². The van der Waals surface area contributed by atoms with E-state index in [0.717, 1.165) is 12.8 Å². The van der Waals surface area contributed by atoms with E-state index in [2.05, 4.69) is 4.72 Å². The summed E-state index contributed by atoms with van der Waals surface area (Å²) in [6.07, 6.45) is 2.46. The molecule has 0 amide bonds. The molecule has 0 aromatic carbocycles. The van der Waals surface area contributed by atoms with Gasteiger partial charge >= 0.3 is 0 Å². The van der Waals surface area contributed by atoms with Crippen LogP contribution in [-0.4, -0.2) is 30.9 Å². The number of nitrogens with zero attached hydrogens (tertiary/aromatic N) is 1. The average Bonchev–Trinajstić information content (AvgIpc) is 2.20. The third kappa shape index (κ3) is 3.16. The van der Waals surface area contributed by atoms with Crippen LogP contribution >= 0.6 is 0 Å².